The van der Waals surface area contributed by atoms with Crippen LogP contribution < -0.4 is 0 Å². The van der Waals surface area contributed by atoms with Crippen LogP contribution in [0.1, 0.15) is 51.0 Å². The molecule has 0 aromatic heterocycles. The summed E-state index contributed by atoms with van der Waals surface area (Å²) in [4.78, 5) is 0. The van der Waals surface area contributed by atoms with Crippen LogP contribution in [0.2, 0.25) is 5.02 Å². The number of oxime groups is 1. The Morgan fingerprint density at radius 2 is 1.93 bits per heavy atom. The molecule has 0 N–H and O–H groups in total. The summed E-state index contributed by atoms with van der Waals surface area (Å²) in [7, 11) is -3.75. The third-order valence-electron chi connectivity index (χ3n) is 4.15. The van der Waals surface area contributed by atoms with Gasteiger partial charge >= 0.3 is 10.1 Å². The van der Waals surface area contributed by atoms with Crippen molar-refractivity contribution in [1.82, 2.24) is 0 Å². The second-order valence-corrected chi connectivity index (χ2v) is 9.28. The highest BCUT2D eigenvalue weighted by atomic mass is 35.5. The molecule has 0 amide bonds. The van der Waals surface area contributed by atoms with Crippen LogP contribution in [-0.2, 0) is 14.4 Å². The zero-order valence-corrected chi connectivity index (χ0v) is 18.1. The van der Waals surface area contributed by atoms with Gasteiger partial charge in [-0.05, 0) is 24.0 Å². The van der Waals surface area contributed by atoms with Crippen LogP contribution in [0.5, 0.6) is 0 Å². The van der Waals surface area contributed by atoms with Gasteiger partial charge in [0, 0.05) is 16.2 Å². The number of hydrogen-bond donors (Lipinski definition) is 0. The maximum Gasteiger partial charge on any atom is 0.328 e. The normalized spacial score (nSPS) is 17.0. The van der Waals surface area contributed by atoms with Crippen LogP contribution >= 0.6 is 23.4 Å². The molecule has 1 aliphatic rings. The summed E-state index contributed by atoms with van der Waals surface area (Å²) in [6.07, 6.45) is 7.57. The molecule has 150 valence electrons. The Morgan fingerprint density at radius 3 is 2.64 bits per heavy atom. The van der Waals surface area contributed by atoms with Crippen molar-refractivity contribution >= 4 is 44.1 Å². The predicted molar refractivity (Wildman–Crippen MR) is 116 cm³/mol. The zero-order chi connectivity index (χ0) is 20.4. The molecule has 1 heterocycles. The smallest absolute Gasteiger partial charge is 0.267 e. The Labute approximate surface area is 176 Å². The van der Waals surface area contributed by atoms with Crippen LogP contribution in [0.25, 0.3) is 5.57 Å². The lowest BCUT2D eigenvalue weighted by Gasteiger charge is -2.07. The minimum atomic E-state index is -3.75. The van der Waals surface area contributed by atoms with Crippen molar-refractivity contribution in [1.29, 1.82) is 5.26 Å². The van der Waals surface area contributed by atoms with E-state index in [0.717, 1.165) is 25.7 Å². The lowest BCUT2D eigenvalue weighted by atomic mass is 10.0. The molecule has 28 heavy (non-hydrogen) atoms. The molecule has 0 atom stereocenters. The van der Waals surface area contributed by atoms with E-state index < -0.39 is 10.1 Å². The summed E-state index contributed by atoms with van der Waals surface area (Å²) in [5.74, 6) is -0.0668. The van der Waals surface area contributed by atoms with Crippen molar-refractivity contribution in [3.8, 4) is 6.07 Å². The largest absolute Gasteiger partial charge is 0.328 e. The van der Waals surface area contributed by atoms with Gasteiger partial charge in [0.15, 0.2) is 0 Å². The average Bonchev–Trinajstić information content (AvgIpc) is 3.13. The Kier molecular flexibility index (Phi) is 9.10. The van der Waals surface area contributed by atoms with Crippen molar-refractivity contribution in [2.75, 3.05) is 5.75 Å². The summed E-state index contributed by atoms with van der Waals surface area (Å²) >= 11 is 7.39. The average molecular weight is 439 g/mol. The minimum Gasteiger partial charge on any atom is -0.267 e. The summed E-state index contributed by atoms with van der Waals surface area (Å²) in [6.45, 7) is 2.14. The van der Waals surface area contributed by atoms with E-state index in [9.17, 15) is 13.7 Å². The maximum atomic E-state index is 12.1. The second-order valence-electron chi connectivity index (χ2n) is 6.30. The van der Waals surface area contributed by atoms with Crippen LogP contribution in [0.3, 0.4) is 0 Å². The highest BCUT2D eigenvalue weighted by Crippen LogP contribution is 2.33. The molecular weight excluding hydrogens is 416 g/mol. The van der Waals surface area contributed by atoms with Gasteiger partial charge < -0.3 is 0 Å². The maximum absolute atomic E-state index is 12.1. The fourth-order valence-electron chi connectivity index (χ4n) is 2.68. The molecule has 0 bridgehead atoms. The highest BCUT2D eigenvalue weighted by Gasteiger charge is 2.21. The topological polar surface area (TPSA) is 79.5 Å². The molecule has 0 unspecified atom stereocenters. The van der Waals surface area contributed by atoms with Crippen LogP contribution in [0.4, 0.5) is 0 Å². The third kappa shape index (κ3) is 6.69. The Bertz CT molecular complexity index is 916. The molecule has 8 heteroatoms. The molecule has 1 aromatic carbocycles. The van der Waals surface area contributed by atoms with E-state index in [1.807, 2.05) is 0 Å². The number of allylic oxidation sites excluding steroid dienone is 2. The van der Waals surface area contributed by atoms with Gasteiger partial charge in [-0.25, -0.2) is 0 Å². The number of rotatable bonds is 10. The van der Waals surface area contributed by atoms with Crippen LogP contribution in [0.15, 0.2) is 46.5 Å². The monoisotopic (exact) mass is 438 g/mol. The van der Waals surface area contributed by atoms with Gasteiger partial charge in [0.1, 0.15) is 11.1 Å². The van der Waals surface area contributed by atoms with Crippen molar-refractivity contribution in [2.24, 2.45) is 5.16 Å². The number of halogens is 1. The number of unbranched alkanes of at least 4 members (excludes halogenated alkanes) is 5. The van der Waals surface area contributed by atoms with Crippen molar-refractivity contribution in [3.63, 3.8) is 0 Å². The zero-order valence-electron chi connectivity index (χ0n) is 15.7. The van der Waals surface area contributed by atoms with Gasteiger partial charge in [-0.1, -0.05) is 85.7 Å². The fourth-order valence-corrected chi connectivity index (χ4v) is 4.49. The van der Waals surface area contributed by atoms with Gasteiger partial charge in [-0.2, -0.15) is 13.7 Å². The Morgan fingerprint density at radius 1 is 1.21 bits per heavy atom. The molecule has 2 rings (SSSR count). The van der Waals surface area contributed by atoms with Crippen molar-refractivity contribution in [3.05, 3.63) is 51.9 Å². The fraction of sp³-hybridized carbons (Fsp3) is 0.400. The first-order chi connectivity index (χ1) is 13.5. The first-order valence-corrected chi connectivity index (χ1v) is 12.0. The van der Waals surface area contributed by atoms with Gasteiger partial charge in [0.2, 0.25) is 0 Å². The van der Waals surface area contributed by atoms with E-state index in [1.54, 1.807) is 35.7 Å². The van der Waals surface area contributed by atoms with Crippen LogP contribution in [-0.4, -0.2) is 19.2 Å². The molecule has 0 saturated heterocycles. The lowest BCUT2D eigenvalue weighted by molar-refractivity contribution is 0.339. The van der Waals surface area contributed by atoms with Gasteiger partial charge in [-0.3, -0.25) is 4.28 Å². The molecule has 1 aromatic rings. The molecule has 0 fully saturated rings. The van der Waals surface area contributed by atoms with Crippen molar-refractivity contribution < 1.29 is 12.7 Å². The number of thioether (sulfide) groups is 1. The van der Waals surface area contributed by atoms with E-state index in [0.29, 0.717) is 33.2 Å². The second kappa shape index (κ2) is 11.3. The number of nitriles is 1. The van der Waals surface area contributed by atoms with Gasteiger partial charge in [-0.15, -0.1) is 0 Å². The molecule has 0 radical (unpaired) electrons. The van der Waals surface area contributed by atoms with Gasteiger partial charge in [0.25, 0.3) is 0 Å². The first-order valence-electron chi connectivity index (χ1n) is 9.20. The molecule has 1 aliphatic heterocycles. The van der Waals surface area contributed by atoms with Crippen molar-refractivity contribution in [2.45, 2.75) is 45.4 Å². The third-order valence-corrected chi connectivity index (χ3v) is 6.36. The Balaban J connectivity index is 2.07. The quantitative estimate of drug-likeness (QED) is 0.258. The molecule has 0 aliphatic carbocycles. The van der Waals surface area contributed by atoms with E-state index in [2.05, 4.69) is 18.1 Å². The Hall–Kier alpha value is -1.75. The molecular formula is C20H23ClN2O3S2. The molecule has 0 saturated carbocycles. The number of benzene rings is 1. The summed E-state index contributed by atoms with van der Waals surface area (Å²) < 4.78 is 29.0. The minimum absolute atomic E-state index is 0.0668. The SMILES string of the molecule is CCCCCCCCS(=O)(=O)O/N=C1\SC=C\C1=C(\C#N)c1ccccc1Cl. The summed E-state index contributed by atoms with van der Waals surface area (Å²) in [6, 6.07) is 9.12. The summed E-state index contributed by atoms with van der Waals surface area (Å²) in [5.41, 5.74) is 1.38. The number of hydrogen-bond acceptors (Lipinski definition) is 6. The summed E-state index contributed by atoms with van der Waals surface area (Å²) in [5, 5.41) is 15.9. The van der Waals surface area contributed by atoms with E-state index in [-0.39, 0.29) is 5.75 Å². The van der Waals surface area contributed by atoms with Gasteiger partial charge in [0.05, 0.1) is 11.3 Å². The molecule has 0 spiro atoms. The highest BCUT2D eigenvalue weighted by molar-refractivity contribution is 8.17. The first kappa shape index (κ1) is 22.5. The number of nitrogens with zero attached hydrogens (tertiary/aromatic N) is 2. The van der Waals surface area contributed by atoms with E-state index in [1.165, 1.54) is 18.2 Å². The van der Waals surface area contributed by atoms with E-state index >= 15 is 0 Å². The standard InChI is InChI=1S/C20H23ClN2O3S2/c1-2-3-4-5-6-9-14-28(24,25)26-23-20-17(12-13-27-20)18(15-22)16-10-7-8-11-19(16)21/h7-8,10-13H,2-6,9,14H2,1H3/b18-17+,23-20-. The lowest BCUT2D eigenvalue weighted by Crippen LogP contribution is -2.09. The van der Waals surface area contributed by atoms with E-state index in [4.69, 9.17) is 15.9 Å². The molecule has 5 nitrogen and oxygen atoms in total. The van der Waals surface area contributed by atoms with Crippen LogP contribution in [0, 0.1) is 11.3 Å². The predicted octanol–water partition coefficient (Wildman–Crippen LogP) is 5.90.